The van der Waals surface area contributed by atoms with Crippen molar-refractivity contribution in [1.29, 1.82) is 5.26 Å². The lowest BCUT2D eigenvalue weighted by Gasteiger charge is -2.10. The molecule has 0 aliphatic carbocycles. The van der Waals surface area contributed by atoms with Crippen molar-refractivity contribution in [3.8, 4) is 23.2 Å². The van der Waals surface area contributed by atoms with E-state index in [4.69, 9.17) is 14.5 Å². The van der Waals surface area contributed by atoms with Gasteiger partial charge < -0.3 is 9.26 Å². The van der Waals surface area contributed by atoms with Gasteiger partial charge in [-0.05, 0) is 43.3 Å². The van der Waals surface area contributed by atoms with E-state index in [1.807, 2.05) is 6.07 Å². The normalized spacial score (nSPS) is 12.4. The van der Waals surface area contributed by atoms with Gasteiger partial charge in [0.15, 0.2) is 6.10 Å². The van der Waals surface area contributed by atoms with Gasteiger partial charge in [-0.15, -0.1) is 0 Å². The Morgan fingerprint density at radius 2 is 1.88 bits per heavy atom. The minimum Gasteiger partial charge on any atom is -0.481 e. The summed E-state index contributed by atoms with van der Waals surface area (Å²) in [6.07, 6.45) is -5.07. The zero-order chi connectivity index (χ0) is 18.7. The molecule has 1 aromatic heterocycles. The lowest BCUT2D eigenvalue weighted by Crippen LogP contribution is -2.05. The first kappa shape index (κ1) is 17.5. The fourth-order valence-electron chi connectivity index (χ4n) is 2.21. The smallest absolute Gasteiger partial charge is 0.416 e. The van der Waals surface area contributed by atoms with E-state index in [9.17, 15) is 13.2 Å². The van der Waals surface area contributed by atoms with Crippen LogP contribution in [0.1, 0.15) is 30.0 Å². The number of aromatic nitrogens is 2. The molecule has 1 heterocycles. The fraction of sp³-hybridized carbons (Fsp3) is 0.167. The van der Waals surface area contributed by atoms with Gasteiger partial charge >= 0.3 is 6.18 Å². The van der Waals surface area contributed by atoms with E-state index in [0.29, 0.717) is 11.3 Å². The van der Waals surface area contributed by atoms with Crippen molar-refractivity contribution in [2.75, 3.05) is 0 Å². The molecule has 2 aromatic carbocycles. The highest BCUT2D eigenvalue weighted by Crippen LogP contribution is 2.32. The first-order valence-corrected chi connectivity index (χ1v) is 7.55. The van der Waals surface area contributed by atoms with Crippen molar-refractivity contribution in [2.24, 2.45) is 0 Å². The molecule has 0 unspecified atom stereocenters. The predicted molar refractivity (Wildman–Crippen MR) is 84.9 cm³/mol. The van der Waals surface area contributed by atoms with Gasteiger partial charge in [0.1, 0.15) is 5.75 Å². The largest absolute Gasteiger partial charge is 0.481 e. The average Bonchev–Trinajstić information content (AvgIpc) is 3.12. The number of benzene rings is 2. The summed E-state index contributed by atoms with van der Waals surface area (Å²) >= 11 is 0. The second-order valence-corrected chi connectivity index (χ2v) is 5.43. The van der Waals surface area contributed by atoms with Crippen LogP contribution in [0, 0.1) is 11.3 Å². The van der Waals surface area contributed by atoms with E-state index in [2.05, 4.69) is 10.1 Å². The average molecular weight is 359 g/mol. The van der Waals surface area contributed by atoms with Crippen molar-refractivity contribution in [3.05, 3.63) is 65.5 Å². The Morgan fingerprint density at radius 1 is 1.15 bits per heavy atom. The van der Waals surface area contributed by atoms with Crippen LogP contribution in [0.25, 0.3) is 11.4 Å². The Labute approximate surface area is 146 Å². The maximum absolute atomic E-state index is 12.8. The van der Waals surface area contributed by atoms with Gasteiger partial charge in [-0.3, -0.25) is 0 Å². The highest BCUT2D eigenvalue weighted by atomic mass is 19.4. The summed E-state index contributed by atoms with van der Waals surface area (Å²) < 4.78 is 49.2. The number of ether oxygens (including phenoxy) is 1. The molecule has 3 rings (SSSR count). The van der Waals surface area contributed by atoms with E-state index in [1.165, 1.54) is 12.1 Å². The van der Waals surface area contributed by atoms with E-state index >= 15 is 0 Å². The van der Waals surface area contributed by atoms with Crippen molar-refractivity contribution in [2.45, 2.75) is 19.2 Å². The minimum absolute atomic E-state index is 0.0429. The van der Waals surface area contributed by atoms with E-state index < -0.39 is 17.8 Å². The van der Waals surface area contributed by atoms with Crippen LogP contribution in [-0.2, 0) is 6.18 Å². The molecule has 0 fully saturated rings. The van der Waals surface area contributed by atoms with Crippen LogP contribution in [0.3, 0.4) is 0 Å². The number of alkyl halides is 3. The zero-order valence-corrected chi connectivity index (χ0v) is 13.5. The number of hydrogen-bond donors (Lipinski definition) is 0. The molecule has 0 radical (unpaired) electrons. The molecule has 0 aliphatic heterocycles. The summed E-state index contributed by atoms with van der Waals surface area (Å²) in [5.74, 6) is 0.665. The Bertz CT molecular complexity index is 943. The van der Waals surface area contributed by atoms with Crippen molar-refractivity contribution in [3.63, 3.8) is 0 Å². The van der Waals surface area contributed by atoms with Gasteiger partial charge in [0.25, 0.3) is 5.89 Å². The van der Waals surface area contributed by atoms with E-state index in [-0.39, 0.29) is 17.3 Å². The van der Waals surface area contributed by atoms with Gasteiger partial charge in [-0.1, -0.05) is 17.3 Å². The lowest BCUT2D eigenvalue weighted by atomic mass is 10.1. The molecular formula is C18H12F3N3O2. The van der Waals surface area contributed by atoms with Crippen LogP contribution >= 0.6 is 0 Å². The number of halogens is 3. The molecule has 132 valence electrons. The third kappa shape index (κ3) is 3.83. The molecule has 0 N–H and O–H groups in total. The zero-order valence-electron chi connectivity index (χ0n) is 13.5. The number of nitriles is 1. The maximum Gasteiger partial charge on any atom is 0.416 e. The summed E-state index contributed by atoms with van der Waals surface area (Å²) in [7, 11) is 0. The summed E-state index contributed by atoms with van der Waals surface area (Å²) in [6, 6.07) is 13.1. The maximum atomic E-state index is 12.8. The summed E-state index contributed by atoms with van der Waals surface area (Å²) in [5.41, 5.74) is -0.0988. The molecule has 3 aromatic rings. The first-order valence-electron chi connectivity index (χ1n) is 7.55. The van der Waals surface area contributed by atoms with E-state index in [0.717, 1.165) is 12.1 Å². The monoisotopic (exact) mass is 359 g/mol. The molecule has 0 aliphatic rings. The standard InChI is InChI=1S/C18H12F3N3O2/c1-11(25-15-7-5-12(10-22)6-8-15)17-23-16(24-26-17)13-3-2-4-14(9-13)18(19,20)21/h2-9,11H,1H3/t11-/m1/s1. The highest BCUT2D eigenvalue weighted by Gasteiger charge is 2.31. The molecule has 1 atom stereocenters. The minimum atomic E-state index is -4.45. The Balaban J connectivity index is 1.78. The predicted octanol–water partition coefficient (Wildman–Crippen LogP) is 4.77. The van der Waals surface area contributed by atoms with Crippen LogP contribution in [0.4, 0.5) is 13.2 Å². The summed E-state index contributed by atoms with van der Waals surface area (Å²) in [5, 5.41) is 12.5. The number of nitrogens with zero attached hydrogens (tertiary/aromatic N) is 3. The van der Waals surface area contributed by atoms with Crippen LogP contribution < -0.4 is 4.74 Å². The Morgan fingerprint density at radius 3 is 2.54 bits per heavy atom. The third-order valence-electron chi connectivity index (χ3n) is 3.53. The summed E-state index contributed by atoms with van der Waals surface area (Å²) in [6.45, 7) is 1.67. The molecule has 0 saturated carbocycles. The van der Waals surface area contributed by atoms with Crippen molar-refractivity contribution in [1.82, 2.24) is 10.1 Å². The van der Waals surface area contributed by atoms with Crippen LogP contribution in [0.15, 0.2) is 53.1 Å². The van der Waals surface area contributed by atoms with Crippen LogP contribution in [-0.4, -0.2) is 10.1 Å². The fourth-order valence-corrected chi connectivity index (χ4v) is 2.21. The van der Waals surface area contributed by atoms with Gasteiger partial charge in [0, 0.05) is 5.56 Å². The molecule has 8 heteroatoms. The van der Waals surface area contributed by atoms with Gasteiger partial charge in [-0.2, -0.15) is 23.4 Å². The van der Waals surface area contributed by atoms with Crippen molar-refractivity contribution < 1.29 is 22.4 Å². The molecule has 0 spiro atoms. The Hall–Kier alpha value is -3.34. The Kier molecular flexibility index (Phi) is 4.63. The van der Waals surface area contributed by atoms with Crippen LogP contribution in [0.2, 0.25) is 0 Å². The molecule has 26 heavy (non-hydrogen) atoms. The van der Waals surface area contributed by atoms with Gasteiger partial charge in [-0.25, -0.2) is 0 Å². The third-order valence-corrected chi connectivity index (χ3v) is 3.53. The SMILES string of the molecule is C[C@@H](Oc1ccc(C#N)cc1)c1nc(-c2cccc(C(F)(F)F)c2)no1. The van der Waals surface area contributed by atoms with Gasteiger partial charge in [0.2, 0.25) is 5.82 Å². The van der Waals surface area contributed by atoms with Gasteiger partial charge in [0.05, 0.1) is 17.2 Å². The quantitative estimate of drug-likeness (QED) is 0.671. The number of hydrogen-bond acceptors (Lipinski definition) is 5. The topological polar surface area (TPSA) is 71.9 Å². The van der Waals surface area contributed by atoms with Crippen LogP contribution in [0.5, 0.6) is 5.75 Å². The summed E-state index contributed by atoms with van der Waals surface area (Å²) in [4.78, 5) is 4.11. The van der Waals surface area contributed by atoms with E-state index in [1.54, 1.807) is 31.2 Å². The molecule has 5 nitrogen and oxygen atoms in total. The molecule has 0 amide bonds. The lowest BCUT2D eigenvalue weighted by molar-refractivity contribution is -0.137. The molecule has 0 bridgehead atoms. The second kappa shape index (κ2) is 6.88. The molecular weight excluding hydrogens is 347 g/mol. The first-order chi connectivity index (χ1) is 12.4. The molecule has 0 saturated heterocycles. The second-order valence-electron chi connectivity index (χ2n) is 5.43. The highest BCUT2D eigenvalue weighted by molar-refractivity contribution is 5.55. The number of rotatable bonds is 4. The van der Waals surface area contributed by atoms with Crippen molar-refractivity contribution >= 4 is 0 Å².